The van der Waals surface area contributed by atoms with Gasteiger partial charge in [-0.1, -0.05) is 12.1 Å². The van der Waals surface area contributed by atoms with Crippen molar-refractivity contribution in [3.8, 4) is 0 Å². The Labute approximate surface area is 170 Å². The highest BCUT2D eigenvalue weighted by Crippen LogP contribution is 2.24. The van der Waals surface area contributed by atoms with Crippen LogP contribution < -0.4 is 10.2 Å². The molecule has 7 heteroatoms. The van der Waals surface area contributed by atoms with Crippen LogP contribution in [0.4, 0.5) is 14.5 Å². The number of carbonyl (C=O) groups excluding carboxylic acids is 1. The second-order valence-corrected chi connectivity index (χ2v) is 7.68. The lowest BCUT2D eigenvalue weighted by atomic mass is 10.0. The Hall–Kier alpha value is -2.51. The molecule has 0 aliphatic carbocycles. The van der Waals surface area contributed by atoms with Crippen molar-refractivity contribution in [3.63, 3.8) is 0 Å². The molecule has 0 radical (unpaired) electrons. The summed E-state index contributed by atoms with van der Waals surface area (Å²) in [5.41, 5.74) is 2.34. The number of likely N-dealkylation sites (N-methyl/N-ethyl adjacent to an activating group) is 1. The molecule has 1 unspecified atom stereocenters. The van der Waals surface area contributed by atoms with E-state index in [1.807, 2.05) is 19.0 Å². The molecule has 156 valence electrons. The van der Waals surface area contributed by atoms with Crippen molar-refractivity contribution in [1.82, 2.24) is 15.1 Å². The minimum Gasteiger partial charge on any atom is -0.378 e. The van der Waals surface area contributed by atoms with Crippen molar-refractivity contribution in [2.45, 2.75) is 6.04 Å². The molecule has 0 bridgehead atoms. The van der Waals surface area contributed by atoms with Gasteiger partial charge in [0, 0.05) is 58.1 Å². The minimum atomic E-state index is -1.02. The number of amides is 1. The second kappa shape index (κ2) is 9.33. The fourth-order valence-corrected chi connectivity index (χ4v) is 3.51. The van der Waals surface area contributed by atoms with Crippen LogP contribution in [0.1, 0.15) is 22.0 Å². The van der Waals surface area contributed by atoms with Crippen LogP contribution in [-0.2, 0) is 0 Å². The molecule has 5 nitrogen and oxygen atoms in total. The lowest BCUT2D eigenvalue weighted by Gasteiger charge is -2.38. The maximum Gasteiger partial charge on any atom is 0.251 e. The first-order chi connectivity index (χ1) is 13.8. The first kappa shape index (κ1) is 21.2. The largest absolute Gasteiger partial charge is 0.378 e. The van der Waals surface area contributed by atoms with Crippen LogP contribution in [-0.4, -0.2) is 69.6 Å². The topological polar surface area (TPSA) is 38.8 Å². The van der Waals surface area contributed by atoms with Gasteiger partial charge in [-0.15, -0.1) is 0 Å². The number of nitrogens with one attached hydrogen (secondary N) is 1. The van der Waals surface area contributed by atoms with E-state index < -0.39 is 17.5 Å². The number of hydrogen-bond acceptors (Lipinski definition) is 4. The molecule has 1 fully saturated rings. The summed E-state index contributed by atoms with van der Waals surface area (Å²) in [6.07, 6.45) is 0. The maximum atomic E-state index is 13.5. The summed E-state index contributed by atoms with van der Waals surface area (Å²) in [4.78, 5) is 19.2. The Balaban J connectivity index is 1.75. The first-order valence-electron chi connectivity index (χ1n) is 9.78. The number of anilines is 1. The molecule has 1 aliphatic rings. The van der Waals surface area contributed by atoms with E-state index in [0.29, 0.717) is 6.54 Å². The third kappa shape index (κ3) is 5.31. The van der Waals surface area contributed by atoms with Crippen LogP contribution in [0, 0.1) is 11.6 Å². The molecule has 1 atom stereocenters. The van der Waals surface area contributed by atoms with Gasteiger partial charge in [0.15, 0.2) is 11.6 Å². The van der Waals surface area contributed by atoms with E-state index in [1.165, 1.54) is 6.07 Å². The Morgan fingerprint density at radius 3 is 2.28 bits per heavy atom. The third-order valence-electron chi connectivity index (χ3n) is 5.41. The summed E-state index contributed by atoms with van der Waals surface area (Å²) in [5.74, 6) is -2.39. The van der Waals surface area contributed by atoms with Crippen molar-refractivity contribution in [1.29, 1.82) is 0 Å². The van der Waals surface area contributed by atoms with Crippen molar-refractivity contribution in [3.05, 3.63) is 65.2 Å². The third-order valence-corrected chi connectivity index (χ3v) is 5.41. The molecule has 29 heavy (non-hydrogen) atoms. The van der Waals surface area contributed by atoms with Crippen LogP contribution >= 0.6 is 0 Å². The van der Waals surface area contributed by atoms with Crippen molar-refractivity contribution >= 4 is 11.6 Å². The Morgan fingerprint density at radius 1 is 1.03 bits per heavy atom. The Morgan fingerprint density at radius 2 is 1.69 bits per heavy atom. The lowest BCUT2D eigenvalue weighted by Crippen LogP contribution is -2.48. The van der Waals surface area contributed by atoms with Crippen LogP contribution in [0.25, 0.3) is 0 Å². The predicted octanol–water partition coefficient (Wildman–Crippen LogP) is 2.75. The smallest absolute Gasteiger partial charge is 0.251 e. The molecule has 3 rings (SSSR count). The van der Waals surface area contributed by atoms with Crippen LogP contribution in [0.2, 0.25) is 0 Å². The van der Waals surface area contributed by atoms with Crippen LogP contribution in [0.3, 0.4) is 0 Å². The molecule has 1 N–H and O–H groups in total. The monoisotopic (exact) mass is 402 g/mol. The molecule has 1 amide bonds. The van der Waals surface area contributed by atoms with Gasteiger partial charge >= 0.3 is 0 Å². The number of rotatable bonds is 6. The van der Waals surface area contributed by atoms with Gasteiger partial charge in [0.25, 0.3) is 5.91 Å². The summed E-state index contributed by atoms with van der Waals surface area (Å²) < 4.78 is 26.6. The number of piperazine rings is 1. The Bertz CT molecular complexity index is 833. The number of nitrogens with zero attached hydrogens (tertiary/aromatic N) is 3. The summed E-state index contributed by atoms with van der Waals surface area (Å²) in [6, 6.07) is 11.5. The summed E-state index contributed by atoms with van der Waals surface area (Å²) in [6.45, 7) is 4.12. The minimum absolute atomic E-state index is 0.00848. The zero-order valence-corrected chi connectivity index (χ0v) is 17.2. The molecular weight excluding hydrogens is 374 g/mol. The first-order valence-corrected chi connectivity index (χ1v) is 9.78. The molecule has 0 spiro atoms. The van der Waals surface area contributed by atoms with Gasteiger partial charge in [0.05, 0.1) is 6.04 Å². The van der Waals surface area contributed by atoms with Crippen molar-refractivity contribution in [2.75, 3.05) is 58.8 Å². The molecule has 1 heterocycles. The molecule has 2 aromatic carbocycles. The molecule has 0 saturated carbocycles. The fourth-order valence-electron chi connectivity index (χ4n) is 3.51. The number of carbonyl (C=O) groups is 1. The van der Waals surface area contributed by atoms with E-state index in [4.69, 9.17) is 0 Å². The number of halogens is 2. The zero-order valence-electron chi connectivity index (χ0n) is 17.2. The van der Waals surface area contributed by atoms with E-state index >= 15 is 0 Å². The summed E-state index contributed by atoms with van der Waals surface area (Å²) >= 11 is 0. The van der Waals surface area contributed by atoms with Crippen LogP contribution in [0.15, 0.2) is 42.5 Å². The van der Waals surface area contributed by atoms with E-state index in [9.17, 15) is 13.6 Å². The molecule has 1 aliphatic heterocycles. The van der Waals surface area contributed by atoms with Gasteiger partial charge in [0.1, 0.15) is 0 Å². The van der Waals surface area contributed by atoms with E-state index in [-0.39, 0.29) is 11.6 Å². The second-order valence-electron chi connectivity index (χ2n) is 7.68. The van der Waals surface area contributed by atoms with Gasteiger partial charge in [-0.3, -0.25) is 9.69 Å². The highest BCUT2D eigenvalue weighted by Gasteiger charge is 2.25. The zero-order chi connectivity index (χ0) is 21.0. The Kier molecular flexibility index (Phi) is 6.82. The van der Waals surface area contributed by atoms with Gasteiger partial charge < -0.3 is 15.1 Å². The lowest BCUT2D eigenvalue weighted by molar-refractivity contribution is 0.0886. The average molecular weight is 402 g/mol. The highest BCUT2D eigenvalue weighted by atomic mass is 19.2. The van der Waals surface area contributed by atoms with E-state index in [2.05, 4.69) is 46.4 Å². The fraction of sp³-hybridized carbons (Fsp3) is 0.409. The van der Waals surface area contributed by atoms with Gasteiger partial charge in [-0.25, -0.2) is 8.78 Å². The normalized spacial score (nSPS) is 16.4. The van der Waals surface area contributed by atoms with Crippen molar-refractivity contribution in [2.24, 2.45) is 0 Å². The van der Waals surface area contributed by atoms with Crippen molar-refractivity contribution < 1.29 is 13.6 Å². The molecular formula is C22H28F2N4O. The number of benzene rings is 2. The van der Waals surface area contributed by atoms with Crippen LogP contribution in [0.5, 0.6) is 0 Å². The van der Waals surface area contributed by atoms with Gasteiger partial charge in [-0.05, 0) is 42.9 Å². The van der Waals surface area contributed by atoms with Gasteiger partial charge in [-0.2, -0.15) is 0 Å². The summed E-state index contributed by atoms with van der Waals surface area (Å²) in [7, 11) is 6.09. The SMILES string of the molecule is CN1CCN(C(CNC(=O)c2ccc(F)c(F)c2)c2ccc(N(C)C)cc2)CC1. The van der Waals surface area contributed by atoms with Gasteiger partial charge in [0.2, 0.25) is 0 Å². The molecule has 1 saturated heterocycles. The quantitative estimate of drug-likeness (QED) is 0.807. The predicted molar refractivity (Wildman–Crippen MR) is 111 cm³/mol. The van der Waals surface area contributed by atoms with E-state index in [1.54, 1.807) is 0 Å². The highest BCUT2D eigenvalue weighted by molar-refractivity contribution is 5.94. The standard InChI is InChI=1S/C22H28F2N4O/c1-26(2)18-7-4-16(5-8-18)21(28-12-10-27(3)11-13-28)15-25-22(29)17-6-9-19(23)20(24)14-17/h4-9,14,21H,10-13,15H2,1-3H3,(H,25,29). The van der Waals surface area contributed by atoms with E-state index in [0.717, 1.165) is 49.6 Å². The summed E-state index contributed by atoms with van der Waals surface area (Å²) in [5, 5.41) is 2.90. The number of hydrogen-bond donors (Lipinski definition) is 1. The maximum absolute atomic E-state index is 13.5. The molecule has 2 aromatic rings. The average Bonchev–Trinajstić information content (AvgIpc) is 2.71. The molecule has 0 aromatic heterocycles.